The van der Waals surface area contributed by atoms with Crippen LogP contribution in [0.25, 0.3) is 10.9 Å². The molecule has 0 atom stereocenters. The van der Waals surface area contributed by atoms with Gasteiger partial charge < -0.3 is 15.6 Å². The van der Waals surface area contributed by atoms with Crippen LogP contribution in [0.2, 0.25) is 0 Å². The quantitative estimate of drug-likeness (QED) is 0.589. The van der Waals surface area contributed by atoms with Gasteiger partial charge in [-0.2, -0.15) is 5.10 Å². The van der Waals surface area contributed by atoms with Crippen molar-refractivity contribution in [3.8, 4) is 0 Å². The van der Waals surface area contributed by atoms with Gasteiger partial charge in [-0.05, 0) is 18.2 Å². The predicted octanol–water partition coefficient (Wildman–Crippen LogP) is 0.204. The van der Waals surface area contributed by atoms with E-state index in [1.165, 1.54) is 0 Å². The van der Waals surface area contributed by atoms with Crippen molar-refractivity contribution in [3.63, 3.8) is 0 Å². The van der Waals surface area contributed by atoms with Gasteiger partial charge in [0.2, 0.25) is 0 Å². The van der Waals surface area contributed by atoms with Gasteiger partial charge in [-0.3, -0.25) is 9.89 Å². The fraction of sp³-hybridized carbons (Fsp3) is 0.167. The molecule has 0 aliphatic rings. The number of benzene rings is 1. The van der Waals surface area contributed by atoms with Gasteiger partial charge in [0.25, 0.3) is 5.91 Å². The van der Waals surface area contributed by atoms with Crippen LogP contribution in [-0.2, 0) is 13.6 Å². The second-order valence-electron chi connectivity index (χ2n) is 4.42. The lowest BCUT2D eigenvalue weighted by Gasteiger charge is -2.03. The lowest BCUT2D eigenvalue weighted by atomic mass is 10.2. The summed E-state index contributed by atoms with van der Waals surface area (Å²) in [6.45, 7) is 0.284. The predicted molar refractivity (Wildman–Crippen MR) is 72.7 cm³/mol. The average Bonchev–Trinajstić information content (AvgIpc) is 3.02. The van der Waals surface area contributed by atoms with Crippen LogP contribution >= 0.6 is 0 Å². The Bertz CT molecular complexity index is 773. The van der Waals surface area contributed by atoms with Crippen molar-refractivity contribution in [2.45, 2.75) is 6.54 Å². The van der Waals surface area contributed by atoms with E-state index in [-0.39, 0.29) is 12.5 Å². The molecular weight excluding hydrogens is 258 g/mol. The zero-order chi connectivity index (χ0) is 14.1. The molecule has 2 heterocycles. The third kappa shape index (κ3) is 2.07. The molecule has 0 saturated carbocycles. The SMILES string of the molecule is Cn1cnnc1CNC(=O)c1n[nH]c2ccc(N)cc12. The highest BCUT2D eigenvalue weighted by molar-refractivity contribution is 6.05. The van der Waals surface area contributed by atoms with Crippen molar-refractivity contribution >= 4 is 22.5 Å². The molecule has 0 aliphatic carbocycles. The summed E-state index contributed by atoms with van der Waals surface area (Å²) in [7, 11) is 1.81. The number of nitrogens with zero attached hydrogens (tertiary/aromatic N) is 4. The number of carbonyl (C=O) groups is 1. The molecule has 8 heteroatoms. The maximum atomic E-state index is 12.1. The van der Waals surface area contributed by atoms with E-state index in [0.717, 1.165) is 5.52 Å². The van der Waals surface area contributed by atoms with E-state index in [0.29, 0.717) is 22.6 Å². The number of rotatable bonds is 3. The Labute approximate surface area is 114 Å². The molecule has 0 fully saturated rings. The monoisotopic (exact) mass is 271 g/mol. The van der Waals surface area contributed by atoms with Crippen LogP contribution in [0.15, 0.2) is 24.5 Å². The Hall–Kier alpha value is -2.90. The molecule has 0 aliphatic heterocycles. The minimum atomic E-state index is -0.287. The fourth-order valence-electron chi connectivity index (χ4n) is 1.91. The maximum absolute atomic E-state index is 12.1. The number of aromatic amines is 1. The Morgan fingerprint density at radius 1 is 1.50 bits per heavy atom. The van der Waals surface area contributed by atoms with E-state index in [1.807, 2.05) is 7.05 Å². The van der Waals surface area contributed by atoms with E-state index < -0.39 is 0 Å². The molecule has 20 heavy (non-hydrogen) atoms. The van der Waals surface area contributed by atoms with E-state index in [2.05, 4.69) is 25.7 Å². The van der Waals surface area contributed by atoms with Gasteiger partial charge in [-0.1, -0.05) is 0 Å². The van der Waals surface area contributed by atoms with E-state index in [1.54, 1.807) is 29.1 Å². The first-order valence-electron chi connectivity index (χ1n) is 6.00. The Morgan fingerprint density at radius 2 is 2.35 bits per heavy atom. The first kappa shape index (κ1) is 12.2. The largest absolute Gasteiger partial charge is 0.399 e. The summed E-state index contributed by atoms with van der Waals surface area (Å²) in [4.78, 5) is 12.1. The van der Waals surface area contributed by atoms with Gasteiger partial charge in [-0.25, -0.2) is 0 Å². The highest BCUT2D eigenvalue weighted by Crippen LogP contribution is 2.18. The van der Waals surface area contributed by atoms with E-state index in [9.17, 15) is 4.79 Å². The van der Waals surface area contributed by atoms with Crippen molar-refractivity contribution in [1.29, 1.82) is 0 Å². The number of aromatic nitrogens is 5. The number of hydrogen-bond donors (Lipinski definition) is 3. The van der Waals surface area contributed by atoms with Gasteiger partial charge in [0.15, 0.2) is 11.5 Å². The van der Waals surface area contributed by atoms with Gasteiger partial charge in [0, 0.05) is 18.1 Å². The molecule has 0 spiro atoms. The normalized spacial score (nSPS) is 10.8. The van der Waals surface area contributed by atoms with Crippen molar-refractivity contribution in [1.82, 2.24) is 30.3 Å². The third-order valence-corrected chi connectivity index (χ3v) is 3.01. The minimum absolute atomic E-state index is 0.284. The van der Waals surface area contributed by atoms with Gasteiger partial charge >= 0.3 is 0 Å². The molecule has 3 aromatic rings. The Kier molecular flexibility index (Phi) is 2.82. The fourth-order valence-corrected chi connectivity index (χ4v) is 1.91. The topological polar surface area (TPSA) is 115 Å². The molecular formula is C12H13N7O. The summed E-state index contributed by atoms with van der Waals surface area (Å²) >= 11 is 0. The van der Waals surface area contributed by atoms with Crippen molar-refractivity contribution in [2.24, 2.45) is 7.05 Å². The number of nitrogens with two attached hydrogens (primary N) is 1. The minimum Gasteiger partial charge on any atom is -0.399 e. The number of nitrogens with one attached hydrogen (secondary N) is 2. The van der Waals surface area contributed by atoms with Crippen molar-refractivity contribution < 1.29 is 4.79 Å². The maximum Gasteiger partial charge on any atom is 0.272 e. The molecule has 8 nitrogen and oxygen atoms in total. The molecule has 3 rings (SSSR count). The van der Waals surface area contributed by atoms with Gasteiger partial charge in [0.05, 0.1) is 12.1 Å². The number of H-pyrrole nitrogens is 1. The van der Waals surface area contributed by atoms with E-state index >= 15 is 0 Å². The summed E-state index contributed by atoms with van der Waals surface area (Å²) in [6, 6.07) is 5.26. The van der Waals surface area contributed by atoms with E-state index in [4.69, 9.17) is 5.73 Å². The summed E-state index contributed by atoms with van der Waals surface area (Å²) in [5, 5.41) is 17.9. The molecule has 4 N–H and O–H groups in total. The molecule has 0 saturated heterocycles. The van der Waals surface area contributed by atoms with Crippen LogP contribution < -0.4 is 11.1 Å². The highest BCUT2D eigenvalue weighted by atomic mass is 16.1. The zero-order valence-corrected chi connectivity index (χ0v) is 10.8. The smallest absolute Gasteiger partial charge is 0.272 e. The number of hydrogen-bond acceptors (Lipinski definition) is 5. The number of carbonyl (C=O) groups excluding carboxylic acids is 1. The molecule has 0 unspecified atom stereocenters. The molecule has 2 aromatic heterocycles. The van der Waals surface area contributed by atoms with Crippen LogP contribution in [0.3, 0.4) is 0 Å². The van der Waals surface area contributed by atoms with Crippen molar-refractivity contribution in [3.05, 3.63) is 36.0 Å². The molecule has 102 valence electrons. The summed E-state index contributed by atoms with van der Waals surface area (Å²) < 4.78 is 1.74. The third-order valence-electron chi connectivity index (χ3n) is 3.01. The van der Waals surface area contributed by atoms with Crippen LogP contribution in [0.1, 0.15) is 16.3 Å². The van der Waals surface area contributed by atoms with Crippen LogP contribution in [0.4, 0.5) is 5.69 Å². The second kappa shape index (κ2) is 4.65. The second-order valence-corrected chi connectivity index (χ2v) is 4.42. The number of nitrogen functional groups attached to an aromatic ring is 1. The van der Waals surface area contributed by atoms with Crippen LogP contribution in [0, 0.1) is 0 Å². The standard InChI is InChI=1S/C12H13N7O/c1-19-6-15-17-10(19)5-14-12(20)11-8-4-7(13)2-3-9(8)16-18-11/h2-4,6H,5,13H2,1H3,(H,14,20)(H,16,18). The first-order chi connectivity index (χ1) is 9.65. The lowest BCUT2D eigenvalue weighted by Crippen LogP contribution is -2.25. The first-order valence-corrected chi connectivity index (χ1v) is 6.00. The van der Waals surface area contributed by atoms with Crippen LogP contribution in [-0.4, -0.2) is 30.9 Å². The van der Waals surface area contributed by atoms with Gasteiger partial charge in [-0.15, -0.1) is 10.2 Å². The van der Waals surface area contributed by atoms with Gasteiger partial charge in [0.1, 0.15) is 6.33 Å². The molecule has 0 radical (unpaired) electrons. The Morgan fingerprint density at radius 3 is 3.10 bits per heavy atom. The summed E-state index contributed by atoms with van der Waals surface area (Å²) in [6.07, 6.45) is 1.58. The molecule has 1 amide bonds. The average molecular weight is 271 g/mol. The number of amides is 1. The molecule has 0 bridgehead atoms. The van der Waals surface area contributed by atoms with Crippen LogP contribution in [0.5, 0.6) is 0 Å². The number of aryl methyl sites for hydroxylation is 1. The number of anilines is 1. The summed E-state index contributed by atoms with van der Waals surface area (Å²) in [5.74, 6) is 0.377. The molecule has 1 aromatic carbocycles. The van der Waals surface area contributed by atoms with Crippen molar-refractivity contribution in [2.75, 3.05) is 5.73 Å². The summed E-state index contributed by atoms with van der Waals surface area (Å²) in [5.41, 5.74) is 7.39. The lowest BCUT2D eigenvalue weighted by molar-refractivity contribution is 0.0946. The highest BCUT2D eigenvalue weighted by Gasteiger charge is 2.14. The zero-order valence-electron chi connectivity index (χ0n) is 10.8. The number of fused-ring (bicyclic) bond motifs is 1. The Balaban J connectivity index is 1.82.